The van der Waals surface area contributed by atoms with Gasteiger partial charge in [0.05, 0.1) is 5.56 Å². The second-order valence-electron chi connectivity index (χ2n) is 6.45. The molecule has 1 aliphatic carbocycles. The van der Waals surface area contributed by atoms with Gasteiger partial charge in [-0.3, -0.25) is 19.7 Å². The van der Waals surface area contributed by atoms with Crippen molar-refractivity contribution in [2.75, 3.05) is 5.32 Å². The van der Waals surface area contributed by atoms with Gasteiger partial charge in [-0.05, 0) is 17.9 Å². The number of nitrogens with one attached hydrogen (secondary N) is 1. The molecule has 7 heteroatoms. The van der Waals surface area contributed by atoms with Crippen LogP contribution in [0.2, 0.25) is 0 Å². The van der Waals surface area contributed by atoms with Gasteiger partial charge in [0.2, 0.25) is 5.56 Å². The Kier molecular flexibility index (Phi) is 4.09. The van der Waals surface area contributed by atoms with Crippen LogP contribution in [0.1, 0.15) is 46.9 Å². The van der Waals surface area contributed by atoms with Crippen LogP contribution in [0.4, 0.5) is 6.01 Å². The van der Waals surface area contributed by atoms with Crippen LogP contribution < -0.4 is 10.9 Å². The first kappa shape index (κ1) is 16.2. The first-order valence-corrected chi connectivity index (χ1v) is 7.86. The van der Waals surface area contributed by atoms with E-state index < -0.39 is 5.91 Å². The molecule has 7 nitrogen and oxygen atoms in total. The molecule has 2 heterocycles. The van der Waals surface area contributed by atoms with Gasteiger partial charge >= 0.3 is 6.01 Å². The van der Waals surface area contributed by atoms with Gasteiger partial charge < -0.3 is 8.98 Å². The number of rotatable bonds is 3. The van der Waals surface area contributed by atoms with E-state index in [1.165, 1.54) is 22.9 Å². The summed E-state index contributed by atoms with van der Waals surface area (Å²) in [7, 11) is 1.56. The Morgan fingerprint density at radius 3 is 2.75 bits per heavy atom. The summed E-state index contributed by atoms with van der Waals surface area (Å²) in [6, 6.07) is 2.75. The van der Waals surface area contributed by atoms with Crippen LogP contribution in [-0.2, 0) is 13.5 Å². The van der Waals surface area contributed by atoms with Crippen LogP contribution in [-0.4, -0.2) is 21.2 Å². The van der Waals surface area contributed by atoms with Crippen molar-refractivity contribution in [2.45, 2.75) is 26.7 Å². The Labute approximate surface area is 138 Å². The maximum absolute atomic E-state index is 12.2. The molecule has 0 radical (unpaired) electrons. The number of anilines is 1. The number of hydrogen-bond acceptors (Lipinski definition) is 5. The summed E-state index contributed by atoms with van der Waals surface area (Å²) >= 11 is 0. The third-order valence-corrected chi connectivity index (χ3v) is 4.37. The van der Waals surface area contributed by atoms with E-state index in [1.54, 1.807) is 7.05 Å². The summed E-state index contributed by atoms with van der Waals surface area (Å²) in [6.07, 6.45) is 2.52. The summed E-state index contributed by atoms with van der Waals surface area (Å²) < 4.78 is 6.88. The highest BCUT2D eigenvalue weighted by molar-refractivity contribution is 6.03. The van der Waals surface area contributed by atoms with Gasteiger partial charge in [0.25, 0.3) is 5.91 Å². The highest BCUT2D eigenvalue weighted by Gasteiger charge is 2.32. The largest absolute Gasteiger partial charge is 0.428 e. The lowest BCUT2D eigenvalue weighted by molar-refractivity contribution is 0.0922. The topological polar surface area (TPSA) is 94.2 Å². The summed E-state index contributed by atoms with van der Waals surface area (Å²) in [5.41, 5.74) is 0.408. The standard InChI is InChI=1S/C17H19N3O4/c1-9(2)11-6-12(21)15-13(7-11)24-17(18-15)19-16(23)10-4-5-14(22)20(3)8-10/h4-5,8-9,11H,6-7H2,1-3H3,(H,18,19,23). The fourth-order valence-electron chi connectivity index (χ4n) is 2.78. The van der Waals surface area contributed by atoms with Crippen LogP contribution >= 0.6 is 0 Å². The Bertz CT molecular complexity index is 863. The highest BCUT2D eigenvalue weighted by atomic mass is 16.4. The number of aryl methyl sites for hydroxylation is 1. The number of fused-ring (bicyclic) bond motifs is 1. The average molecular weight is 329 g/mol. The molecule has 1 N–H and O–H groups in total. The minimum absolute atomic E-state index is 0.0107. The van der Waals surface area contributed by atoms with E-state index >= 15 is 0 Å². The normalized spacial score (nSPS) is 17.0. The molecule has 126 valence electrons. The molecule has 0 spiro atoms. The number of amides is 1. The molecule has 3 rings (SSSR count). The molecule has 2 aromatic heterocycles. The number of aromatic nitrogens is 2. The molecular weight excluding hydrogens is 310 g/mol. The first-order chi connectivity index (χ1) is 11.3. The van der Waals surface area contributed by atoms with Gasteiger partial charge in [0.1, 0.15) is 11.5 Å². The molecule has 0 saturated heterocycles. The minimum atomic E-state index is -0.447. The van der Waals surface area contributed by atoms with Crippen molar-refractivity contribution in [3.05, 3.63) is 45.7 Å². The van der Waals surface area contributed by atoms with E-state index in [0.29, 0.717) is 35.8 Å². The number of Topliss-reactive ketones (excluding diaryl/α,β-unsaturated/α-hetero) is 1. The predicted octanol–water partition coefficient (Wildman–Crippen LogP) is 2.03. The number of carbonyl (C=O) groups excluding carboxylic acids is 2. The van der Waals surface area contributed by atoms with Crippen molar-refractivity contribution in [1.29, 1.82) is 0 Å². The molecule has 0 aliphatic heterocycles. The SMILES string of the molecule is CC(C)C1CC(=O)c2nc(NC(=O)c3ccc(=O)n(C)c3)oc2C1. The third-order valence-electron chi connectivity index (χ3n) is 4.37. The van der Waals surface area contributed by atoms with Crippen LogP contribution in [0.25, 0.3) is 0 Å². The Morgan fingerprint density at radius 1 is 1.33 bits per heavy atom. The van der Waals surface area contributed by atoms with Crippen molar-refractivity contribution < 1.29 is 14.0 Å². The zero-order chi connectivity index (χ0) is 17.4. The van der Waals surface area contributed by atoms with E-state index in [0.717, 1.165) is 0 Å². The lowest BCUT2D eigenvalue weighted by atomic mass is 9.82. The zero-order valence-corrected chi connectivity index (χ0v) is 13.8. The van der Waals surface area contributed by atoms with Crippen LogP contribution in [0.5, 0.6) is 0 Å². The number of carbonyl (C=O) groups is 2. The molecule has 2 aromatic rings. The quantitative estimate of drug-likeness (QED) is 0.930. The van der Waals surface area contributed by atoms with Crippen molar-refractivity contribution in [3.8, 4) is 0 Å². The van der Waals surface area contributed by atoms with E-state index in [1.807, 2.05) is 0 Å². The van der Waals surface area contributed by atoms with Crippen molar-refractivity contribution in [2.24, 2.45) is 18.9 Å². The van der Waals surface area contributed by atoms with E-state index in [-0.39, 0.29) is 23.3 Å². The van der Waals surface area contributed by atoms with Crippen molar-refractivity contribution >= 4 is 17.7 Å². The molecule has 1 amide bonds. The van der Waals surface area contributed by atoms with Gasteiger partial charge in [-0.1, -0.05) is 13.8 Å². The van der Waals surface area contributed by atoms with Crippen LogP contribution in [0.15, 0.2) is 27.5 Å². The summed E-state index contributed by atoms with van der Waals surface area (Å²) in [6.45, 7) is 4.14. The fraction of sp³-hybridized carbons (Fsp3) is 0.412. The summed E-state index contributed by atoms with van der Waals surface area (Å²) in [4.78, 5) is 39.9. The van der Waals surface area contributed by atoms with Crippen LogP contribution in [0.3, 0.4) is 0 Å². The second-order valence-corrected chi connectivity index (χ2v) is 6.45. The van der Waals surface area contributed by atoms with Gasteiger partial charge in [-0.25, -0.2) is 0 Å². The zero-order valence-electron chi connectivity index (χ0n) is 13.8. The fourth-order valence-corrected chi connectivity index (χ4v) is 2.78. The molecule has 24 heavy (non-hydrogen) atoms. The van der Waals surface area contributed by atoms with Gasteiger partial charge in [-0.2, -0.15) is 4.98 Å². The Morgan fingerprint density at radius 2 is 2.08 bits per heavy atom. The second kappa shape index (κ2) is 6.07. The van der Waals surface area contributed by atoms with Crippen molar-refractivity contribution in [3.63, 3.8) is 0 Å². The molecule has 0 bridgehead atoms. The monoisotopic (exact) mass is 329 g/mol. The van der Waals surface area contributed by atoms with Gasteiger partial charge in [0.15, 0.2) is 5.78 Å². The van der Waals surface area contributed by atoms with Crippen LogP contribution in [0, 0.1) is 11.8 Å². The maximum Gasteiger partial charge on any atom is 0.302 e. The van der Waals surface area contributed by atoms with E-state index in [9.17, 15) is 14.4 Å². The number of hydrogen-bond donors (Lipinski definition) is 1. The molecular formula is C17H19N3O4. The lowest BCUT2D eigenvalue weighted by Crippen LogP contribution is -2.23. The first-order valence-electron chi connectivity index (χ1n) is 7.86. The van der Waals surface area contributed by atoms with Gasteiger partial charge in [0, 0.05) is 32.2 Å². The van der Waals surface area contributed by atoms with E-state index in [4.69, 9.17) is 4.42 Å². The number of nitrogens with zero attached hydrogens (tertiary/aromatic N) is 2. The molecule has 0 saturated carbocycles. The molecule has 0 aromatic carbocycles. The third kappa shape index (κ3) is 3.02. The van der Waals surface area contributed by atoms with Crippen molar-refractivity contribution in [1.82, 2.24) is 9.55 Å². The number of pyridine rings is 1. The Balaban J connectivity index is 1.81. The molecule has 1 unspecified atom stereocenters. The average Bonchev–Trinajstić information content (AvgIpc) is 2.92. The highest BCUT2D eigenvalue weighted by Crippen LogP contribution is 2.31. The minimum Gasteiger partial charge on any atom is -0.428 e. The lowest BCUT2D eigenvalue weighted by Gasteiger charge is -2.22. The maximum atomic E-state index is 12.2. The molecule has 1 atom stereocenters. The molecule has 1 aliphatic rings. The van der Waals surface area contributed by atoms with E-state index in [2.05, 4.69) is 24.1 Å². The number of ketones is 1. The smallest absolute Gasteiger partial charge is 0.302 e. The number of oxazole rings is 1. The summed E-state index contributed by atoms with van der Waals surface area (Å²) in [5, 5.41) is 2.54. The Hall–Kier alpha value is -2.70. The van der Waals surface area contributed by atoms with Gasteiger partial charge in [-0.15, -0.1) is 0 Å². The molecule has 0 fully saturated rings. The summed E-state index contributed by atoms with van der Waals surface area (Å²) in [5.74, 6) is 0.625. The predicted molar refractivity (Wildman–Crippen MR) is 87.1 cm³/mol.